The molecule has 0 aliphatic heterocycles. The SMILES string of the molecule is COc1ccc(C(C)(O)CC2CCCC2)cc1. The molecule has 1 aromatic rings. The zero-order valence-electron chi connectivity index (χ0n) is 10.8. The Balaban J connectivity index is 2.06. The first-order valence-electron chi connectivity index (χ1n) is 6.49. The monoisotopic (exact) mass is 234 g/mol. The second-order valence-corrected chi connectivity index (χ2v) is 5.36. The van der Waals surface area contributed by atoms with E-state index in [0.29, 0.717) is 5.92 Å². The summed E-state index contributed by atoms with van der Waals surface area (Å²) in [4.78, 5) is 0. The van der Waals surface area contributed by atoms with Crippen molar-refractivity contribution in [1.82, 2.24) is 0 Å². The van der Waals surface area contributed by atoms with Gasteiger partial charge in [0.2, 0.25) is 0 Å². The molecule has 1 aliphatic rings. The van der Waals surface area contributed by atoms with Crippen LogP contribution in [0.2, 0.25) is 0 Å². The Bertz CT molecular complexity index is 348. The molecule has 2 nitrogen and oxygen atoms in total. The molecule has 0 spiro atoms. The van der Waals surface area contributed by atoms with Crippen LogP contribution in [0.25, 0.3) is 0 Å². The van der Waals surface area contributed by atoms with Gasteiger partial charge in [0, 0.05) is 0 Å². The molecule has 0 radical (unpaired) electrons. The molecule has 1 N–H and O–H groups in total. The Morgan fingerprint density at radius 2 is 1.82 bits per heavy atom. The minimum atomic E-state index is -0.707. The summed E-state index contributed by atoms with van der Waals surface area (Å²) in [5.74, 6) is 1.53. The third-order valence-corrected chi connectivity index (χ3v) is 3.87. The molecule has 0 heterocycles. The Labute approximate surface area is 104 Å². The fraction of sp³-hybridized carbons (Fsp3) is 0.600. The minimum Gasteiger partial charge on any atom is -0.497 e. The molecular weight excluding hydrogens is 212 g/mol. The fourth-order valence-electron chi connectivity index (χ4n) is 2.84. The topological polar surface area (TPSA) is 29.5 Å². The lowest BCUT2D eigenvalue weighted by Crippen LogP contribution is -2.24. The number of rotatable bonds is 4. The molecule has 1 saturated carbocycles. The maximum absolute atomic E-state index is 10.6. The van der Waals surface area contributed by atoms with Crippen molar-refractivity contribution in [1.29, 1.82) is 0 Å². The molecule has 0 amide bonds. The Morgan fingerprint density at radius 1 is 1.24 bits per heavy atom. The van der Waals surface area contributed by atoms with Crippen LogP contribution in [0, 0.1) is 5.92 Å². The number of methoxy groups -OCH3 is 1. The lowest BCUT2D eigenvalue weighted by molar-refractivity contribution is 0.0307. The van der Waals surface area contributed by atoms with E-state index in [1.165, 1.54) is 25.7 Å². The van der Waals surface area contributed by atoms with Crippen molar-refractivity contribution in [3.05, 3.63) is 29.8 Å². The van der Waals surface area contributed by atoms with Crippen LogP contribution in [-0.2, 0) is 5.60 Å². The Hall–Kier alpha value is -1.02. The van der Waals surface area contributed by atoms with Gasteiger partial charge in [0.25, 0.3) is 0 Å². The fourth-order valence-corrected chi connectivity index (χ4v) is 2.84. The molecule has 2 heteroatoms. The van der Waals surface area contributed by atoms with Gasteiger partial charge in [-0.15, -0.1) is 0 Å². The van der Waals surface area contributed by atoms with E-state index in [-0.39, 0.29) is 0 Å². The van der Waals surface area contributed by atoms with Gasteiger partial charge in [0.1, 0.15) is 5.75 Å². The highest BCUT2D eigenvalue weighted by Gasteiger charge is 2.28. The summed E-state index contributed by atoms with van der Waals surface area (Å²) in [6, 6.07) is 7.76. The molecule has 2 rings (SSSR count). The van der Waals surface area contributed by atoms with Crippen LogP contribution in [0.3, 0.4) is 0 Å². The van der Waals surface area contributed by atoms with Crippen LogP contribution in [0.4, 0.5) is 0 Å². The van der Waals surface area contributed by atoms with Gasteiger partial charge >= 0.3 is 0 Å². The van der Waals surface area contributed by atoms with E-state index < -0.39 is 5.60 Å². The highest BCUT2D eigenvalue weighted by Crippen LogP contribution is 2.36. The van der Waals surface area contributed by atoms with E-state index in [2.05, 4.69) is 0 Å². The zero-order valence-corrected chi connectivity index (χ0v) is 10.8. The number of ether oxygens (including phenoxy) is 1. The molecule has 94 valence electrons. The van der Waals surface area contributed by atoms with Crippen molar-refractivity contribution in [2.45, 2.75) is 44.6 Å². The summed E-state index contributed by atoms with van der Waals surface area (Å²) in [5, 5.41) is 10.6. The zero-order chi connectivity index (χ0) is 12.3. The maximum Gasteiger partial charge on any atom is 0.118 e. The van der Waals surface area contributed by atoms with E-state index >= 15 is 0 Å². The number of aliphatic hydroxyl groups is 1. The van der Waals surface area contributed by atoms with Crippen molar-refractivity contribution in [3.8, 4) is 5.75 Å². The van der Waals surface area contributed by atoms with E-state index in [9.17, 15) is 5.11 Å². The molecule has 1 unspecified atom stereocenters. The molecule has 1 atom stereocenters. The quantitative estimate of drug-likeness (QED) is 0.864. The first-order chi connectivity index (χ1) is 8.12. The van der Waals surface area contributed by atoms with Crippen molar-refractivity contribution < 1.29 is 9.84 Å². The maximum atomic E-state index is 10.6. The molecule has 1 aromatic carbocycles. The van der Waals surface area contributed by atoms with E-state index in [4.69, 9.17) is 4.74 Å². The standard InChI is InChI=1S/C15H22O2/c1-15(16,11-12-5-3-4-6-12)13-7-9-14(17-2)10-8-13/h7-10,12,16H,3-6,11H2,1-2H3. The summed E-state index contributed by atoms with van der Waals surface area (Å²) in [6.45, 7) is 1.92. The predicted octanol–water partition coefficient (Wildman–Crippen LogP) is 3.48. The molecule has 1 aliphatic carbocycles. The van der Waals surface area contributed by atoms with Gasteiger partial charge in [-0.25, -0.2) is 0 Å². The highest BCUT2D eigenvalue weighted by atomic mass is 16.5. The third kappa shape index (κ3) is 3.01. The van der Waals surface area contributed by atoms with Gasteiger partial charge in [-0.3, -0.25) is 0 Å². The predicted molar refractivity (Wildman–Crippen MR) is 69.1 cm³/mol. The smallest absolute Gasteiger partial charge is 0.118 e. The average Bonchev–Trinajstić information content (AvgIpc) is 2.81. The van der Waals surface area contributed by atoms with Crippen LogP contribution >= 0.6 is 0 Å². The largest absolute Gasteiger partial charge is 0.497 e. The lowest BCUT2D eigenvalue weighted by atomic mass is 9.85. The number of hydrogen-bond donors (Lipinski definition) is 1. The van der Waals surface area contributed by atoms with Crippen molar-refractivity contribution in [2.24, 2.45) is 5.92 Å². The normalized spacial score (nSPS) is 20.2. The molecule has 0 saturated heterocycles. The summed E-state index contributed by atoms with van der Waals surface area (Å²) >= 11 is 0. The summed E-state index contributed by atoms with van der Waals surface area (Å²) in [6.07, 6.45) is 6.06. The summed E-state index contributed by atoms with van der Waals surface area (Å²) < 4.78 is 5.13. The van der Waals surface area contributed by atoms with E-state index in [0.717, 1.165) is 17.7 Å². The summed E-state index contributed by atoms with van der Waals surface area (Å²) in [5.41, 5.74) is 0.284. The second-order valence-electron chi connectivity index (χ2n) is 5.36. The summed E-state index contributed by atoms with van der Waals surface area (Å²) in [7, 11) is 1.66. The number of benzene rings is 1. The first-order valence-corrected chi connectivity index (χ1v) is 6.49. The Kier molecular flexibility index (Phi) is 3.72. The van der Waals surface area contributed by atoms with Crippen molar-refractivity contribution >= 4 is 0 Å². The molecule has 1 fully saturated rings. The van der Waals surface area contributed by atoms with Crippen LogP contribution < -0.4 is 4.74 Å². The van der Waals surface area contributed by atoms with Gasteiger partial charge in [0.15, 0.2) is 0 Å². The lowest BCUT2D eigenvalue weighted by Gasteiger charge is -2.27. The van der Waals surface area contributed by atoms with Gasteiger partial charge in [-0.05, 0) is 37.0 Å². The van der Waals surface area contributed by atoms with Crippen LogP contribution in [0.1, 0.15) is 44.6 Å². The molecular formula is C15H22O2. The van der Waals surface area contributed by atoms with E-state index in [1.54, 1.807) is 7.11 Å². The van der Waals surface area contributed by atoms with Crippen LogP contribution in [-0.4, -0.2) is 12.2 Å². The van der Waals surface area contributed by atoms with Gasteiger partial charge < -0.3 is 9.84 Å². The molecule has 17 heavy (non-hydrogen) atoms. The van der Waals surface area contributed by atoms with Crippen molar-refractivity contribution in [3.63, 3.8) is 0 Å². The molecule has 0 aromatic heterocycles. The Morgan fingerprint density at radius 3 is 2.35 bits per heavy atom. The van der Waals surface area contributed by atoms with Gasteiger partial charge in [-0.2, -0.15) is 0 Å². The van der Waals surface area contributed by atoms with Crippen LogP contribution in [0.5, 0.6) is 5.75 Å². The van der Waals surface area contributed by atoms with Gasteiger partial charge in [-0.1, -0.05) is 37.8 Å². The minimum absolute atomic E-state index is 0.687. The first kappa shape index (κ1) is 12.4. The third-order valence-electron chi connectivity index (χ3n) is 3.87. The van der Waals surface area contributed by atoms with Gasteiger partial charge in [0.05, 0.1) is 12.7 Å². The van der Waals surface area contributed by atoms with Crippen molar-refractivity contribution in [2.75, 3.05) is 7.11 Å². The second kappa shape index (κ2) is 5.09. The number of hydrogen-bond acceptors (Lipinski definition) is 2. The van der Waals surface area contributed by atoms with Crippen LogP contribution in [0.15, 0.2) is 24.3 Å². The molecule has 0 bridgehead atoms. The van der Waals surface area contributed by atoms with E-state index in [1.807, 2.05) is 31.2 Å². The average molecular weight is 234 g/mol. The highest BCUT2D eigenvalue weighted by molar-refractivity contribution is 5.30.